The Morgan fingerprint density at radius 1 is 1.26 bits per heavy atom. The van der Waals surface area contributed by atoms with Crippen molar-refractivity contribution in [3.8, 4) is 5.75 Å². The van der Waals surface area contributed by atoms with Gasteiger partial charge >= 0.3 is 0 Å². The van der Waals surface area contributed by atoms with Crippen LogP contribution >= 0.6 is 11.3 Å². The number of hydrogen-bond donors (Lipinski definition) is 1. The highest BCUT2D eigenvalue weighted by atomic mass is 32.1. The summed E-state index contributed by atoms with van der Waals surface area (Å²) in [6.07, 6.45) is 0. The van der Waals surface area contributed by atoms with Gasteiger partial charge in [-0.15, -0.1) is 0 Å². The molecule has 0 spiro atoms. The van der Waals surface area contributed by atoms with Gasteiger partial charge in [-0.25, -0.2) is 0 Å². The highest BCUT2D eigenvalue weighted by Crippen LogP contribution is 2.26. The molecular weight excluding hydrogens is 254 g/mol. The number of thiophene rings is 1. The molecule has 0 aliphatic rings. The minimum absolute atomic E-state index is 0.272. The minimum atomic E-state index is 0.272. The molecule has 1 aromatic heterocycles. The molecule has 102 valence electrons. The Labute approximate surface area is 119 Å². The van der Waals surface area contributed by atoms with E-state index in [0.29, 0.717) is 0 Å². The van der Waals surface area contributed by atoms with Crippen LogP contribution in [0.3, 0.4) is 0 Å². The first-order chi connectivity index (χ1) is 9.11. The summed E-state index contributed by atoms with van der Waals surface area (Å²) in [5, 5.41) is 7.97. The van der Waals surface area contributed by atoms with Gasteiger partial charge in [0, 0.05) is 18.2 Å². The van der Waals surface area contributed by atoms with Crippen LogP contribution in [-0.2, 0) is 6.54 Å². The summed E-state index contributed by atoms with van der Waals surface area (Å²) in [6, 6.07) is 6.59. The first kappa shape index (κ1) is 14.1. The Kier molecular flexibility index (Phi) is 4.61. The van der Waals surface area contributed by atoms with Crippen LogP contribution in [0, 0.1) is 13.8 Å². The average molecular weight is 275 g/mol. The van der Waals surface area contributed by atoms with E-state index in [2.05, 4.69) is 49.0 Å². The second-order valence-corrected chi connectivity index (χ2v) is 5.67. The summed E-state index contributed by atoms with van der Waals surface area (Å²) in [6.45, 7) is 7.34. The Morgan fingerprint density at radius 3 is 2.68 bits per heavy atom. The third-order valence-electron chi connectivity index (χ3n) is 3.41. The summed E-state index contributed by atoms with van der Waals surface area (Å²) >= 11 is 1.76. The van der Waals surface area contributed by atoms with Crippen LogP contribution in [0.5, 0.6) is 5.75 Å². The number of benzene rings is 1. The molecule has 1 atom stereocenters. The SMILES string of the molecule is COc1ccc(C)cc1C(C)NCc1cscc1C. The standard InChI is InChI=1S/C16H21NOS/c1-11-5-6-16(18-4)15(7-11)13(3)17-8-14-10-19-9-12(14)2/h5-7,9-10,13,17H,8H2,1-4H3. The maximum atomic E-state index is 5.44. The minimum Gasteiger partial charge on any atom is -0.496 e. The van der Waals surface area contributed by atoms with E-state index in [-0.39, 0.29) is 6.04 Å². The van der Waals surface area contributed by atoms with E-state index in [1.807, 2.05) is 6.07 Å². The highest BCUT2D eigenvalue weighted by Gasteiger charge is 2.11. The van der Waals surface area contributed by atoms with Crippen LogP contribution in [-0.4, -0.2) is 7.11 Å². The maximum absolute atomic E-state index is 5.44. The molecule has 0 aliphatic carbocycles. The average Bonchev–Trinajstić information content (AvgIpc) is 2.81. The Bertz CT molecular complexity index is 547. The van der Waals surface area contributed by atoms with Crippen molar-refractivity contribution in [1.82, 2.24) is 5.32 Å². The van der Waals surface area contributed by atoms with Crippen molar-refractivity contribution in [2.45, 2.75) is 33.4 Å². The molecule has 0 saturated heterocycles. The molecule has 3 heteroatoms. The molecule has 2 aromatic rings. The fraction of sp³-hybridized carbons (Fsp3) is 0.375. The predicted molar refractivity (Wildman–Crippen MR) is 82.0 cm³/mol. The predicted octanol–water partition coefficient (Wildman–Crippen LogP) is 4.22. The fourth-order valence-corrected chi connectivity index (χ4v) is 2.99. The van der Waals surface area contributed by atoms with Gasteiger partial charge in [0.1, 0.15) is 5.75 Å². The van der Waals surface area contributed by atoms with Crippen molar-refractivity contribution in [3.05, 3.63) is 51.2 Å². The van der Waals surface area contributed by atoms with Gasteiger partial charge in [-0.1, -0.05) is 17.7 Å². The summed E-state index contributed by atoms with van der Waals surface area (Å²) in [5.74, 6) is 0.952. The number of nitrogens with one attached hydrogen (secondary N) is 1. The van der Waals surface area contributed by atoms with Crippen LogP contribution in [0.25, 0.3) is 0 Å². The van der Waals surface area contributed by atoms with Gasteiger partial charge in [-0.3, -0.25) is 0 Å². The third-order valence-corrected chi connectivity index (χ3v) is 4.32. The first-order valence-electron chi connectivity index (χ1n) is 6.51. The van der Waals surface area contributed by atoms with Gasteiger partial charge in [0.05, 0.1) is 7.11 Å². The molecule has 0 amide bonds. The van der Waals surface area contributed by atoms with Crippen molar-refractivity contribution < 1.29 is 4.74 Å². The fourth-order valence-electron chi connectivity index (χ4n) is 2.13. The van der Waals surface area contributed by atoms with Crippen LogP contribution in [0.2, 0.25) is 0 Å². The molecule has 1 N–H and O–H groups in total. The van der Waals surface area contributed by atoms with Gasteiger partial charge in [0.15, 0.2) is 0 Å². The number of methoxy groups -OCH3 is 1. The highest BCUT2D eigenvalue weighted by molar-refractivity contribution is 7.08. The largest absolute Gasteiger partial charge is 0.496 e. The molecule has 0 fully saturated rings. The normalized spacial score (nSPS) is 12.4. The van der Waals surface area contributed by atoms with Crippen molar-refractivity contribution in [2.75, 3.05) is 7.11 Å². The first-order valence-corrected chi connectivity index (χ1v) is 7.45. The molecule has 19 heavy (non-hydrogen) atoms. The lowest BCUT2D eigenvalue weighted by Crippen LogP contribution is -2.19. The van der Waals surface area contributed by atoms with Gasteiger partial charge in [0.25, 0.3) is 0 Å². The van der Waals surface area contributed by atoms with E-state index < -0.39 is 0 Å². The Balaban J connectivity index is 2.09. The summed E-state index contributed by atoms with van der Waals surface area (Å²) in [7, 11) is 1.73. The molecule has 0 saturated carbocycles. The zero-order valence-corrected chi connectivity index (χ0v) is 12.8. The van der Waals surface area contributed by atoms with Crippen molar-refractivity contribution >= 4 is 11.3 Å². The summed E-state index contributed by atoms with van der Waals surface area (Å²) < 4.78 is 5.44. The molecule has 1 unspecified atom stereocenters. The zero-order valence-electron chi connectivity index (χ0n) is 12.0. The van der Waals surface area contributed by atoms with Gasteiger partial charge in [-0.05, 0) is 48.7 Å². The Morgan fingerprint density at radius 2 is 2.05 bits per heavy atom. The number of ether oxygens (including phenoxy) is 1. The topological polar surface area (TPSA) is 21.3 Å². The Hall–Kier alpha value is -1.32. The van der Waals surface area contributed by atoms with E-state index in [0.717, 1.165) is 12.3 Å². The monoisotopic (exact) mass is 275 g/mol. The van der Waals surface area contributed by atoms with Gasteiger partial charge in [0.2, 0.25) is 0 Å². The van der Waals surface area contributed by atoms with Gasteiger partial charge < -0.3 is 10.1 Å². The van der Waals surface area contributed by atoms with E-state index in [4.69, 9.17) is 4.74 Å². The lowest BCUT2D eigenvalue weighted by Gasteiger charge is -2.18. The molecule has 0 aliphatic heterocycles. The van der Waals surface area contributed by atoms with E-state index in [1.54, 1.807) is 18.4 Å². The molecular formula is C16H21NOS. The van der Waals surface area contributed by atoms with Crippen LogP contribution in [0.15, 0.2) is 29.0 Å². The summed E-state index contributed by atoms with van der Waals surface area (Å²) in [4.78, 5) is 0. The zero-order chi connectivity index (χ0) is 13.8. The van der Waals surface area contributed by atoms with E-state index in [9.17, 15) is 0 Å². The van der Waals surface area contributed by atoms with E-state index in [1.165, 1.54) is 22.3 Å². The summed E-state index contributed by atoms with van der Waals surface area (Å²) in [5.41, 5.74) is 5.22. The molecule has 1 aromatic carbocycles. The van der Waals surface area contributed by atoms with Gasteiger partial charge in [-0.2, -0.15) is 11.3 Å². The van der Waals surface area contributed by atoms with E-state index >= 15 is 0 Å². The second-order valence-electron chi connectivity index (χ2n) is 4.93. The number of aryl methyl sites for hydroxylation is 2. The molecule has 0 bridgehead atoms. The molecule has 2 nitrogen and oxygen atoms in total. The van der Waals surface area contributed by atoms with Crippen LogP contribution < -0.4 is 10.1 Å². The quantitative estimate of drug-likeness (QED) is 0.882. The van der Waals surface area contributed by atoms with Crippen molar-refractivity contribution in [2.24, 2.45) is 0 Å². The van der Waals surface area contributed by atoms with Crippen LogP contribution in [0.4, 0.5) is 0 Å². The lowest BCUT2D eigenvalue weighted by atomic mass is 10.0. The lowest BCUT2D eigenvalue weighted by molar-refractivity contribution is 0.401. The molecule has 2 rings (SSSR count). The van der Waals surface area contributed by atoms with Crippen LogP contribution in [0.1, 0.15) is 35.2 Å². The number of rotatable bonds is 5. The smallest absolute Gasteiger partial charge is 0.123 e. The maximum Gasteiger partial charge on any atom is 0.123 e. The third kappa shape index (κ3) is 3.37. The van der Waals surface area contributed by atoms with Crippen molar-refractivity contribution in [3.63, 3.8) is 0 Å². The van der Waals surface area contributed by atoms with Crippen molar-refractivity contribution in [1.29, 1.82) is 0 Å². The number of hydrogen-bond acceptors (Lipinski definition) is 3. The second kappa shape index (κ2) is 6.22. The molecule has 1 heterocycles. The molecule has 0 radical (unpaired) electrons.